The highest BCUT2D eigenvalue weighted by Crippen LogP contribution is 2.31. The number of nitrogens with two attached hydrogens (primary N) is 1. The maximum Gasteiger partial charge on any atom is 0.260 e. The van der Waals surface area contributed by atoms with Gasteiger partial charge in [0.1, 0.15) is 0 Å². The van der Waals surface area contributed by atoms with Crippen molar-refractivity contribution in [3.8, 4) is 11.5 Å². The minimum absolute atomic E-state index is 0.00794. The summed E-state index contributed by atoms with van der Waals surface area (Å²) < 4.78 is 11.1. The van der Waals surface area contributed by atoms with Crippen LogP contribution in [0.2, 0.25) is 0 Å². The summed E-state index contributed by atoms with van der Waals surface area (Å²) in [7, 11) is 1.59. The van der Waals surface area contributed by atoms with Gasteiger partial charge >= 0.3 is 0 Å². The number of para-hydroxylation sites is 1. The summed E-state index contributed by atoms with van der Waals surface area (Å²) in [5, 5.41) is 0. The molecule has 1 amide bonds. The average Bonchev–Trinajstić information content (AvgIpc) is 2.46. The fourth-order valence-corrected chi connectivity index (χ4v) is 2.19. The van der Waals surface area contributed by atoms with E-state index in [2.05, 4.69) is 0 Å². The number of amides is 1. The van der Waals surface area contributed by atoms with E-state index in [0.717, 1.165) is 5.56 Å². The van der Waals surface area contributed by atoms with E-state index >= 15 is 0 Å². The van der Waals surface area contributed by atoms with Crippen LogP contribution in [0, 0.1) is 0 Å². The molecule has 0 spiro atoms. The van der Waals surface area contributed by atoms with Crippen molar-refractivity contribution in [2.45, 2.75) is 33.2 Å². The molecule has 5 heteroatoms. The molecule has 0 radical (unpaired) electrons. The zero-order valence-corrected chi connectivity index (χ0v) is 13.4. The molecule has 0 aliphatic carbocycles. The van der Waals surface area contributed by atoms with Gasteiger partial charge < -0.3 is 20.1 Å². The van der Waals surface area contributed by atoms with Crippen LogP contribution in [-0.2, 0) is 11.2 Å². The smallest absolute Gasteiger partial charge is 0.260 e. The van der Waals surface area contributed by atoms with Crippen molar-refractivity contribution < 1.29 is 14.3 Å². The van der Waals surface area contributed by atoms with Gasteiger partial charge in [0.15, 0.2) is 18.1 Å². The largest absolute Gasteiger partial charge is 0.493 e. The van der Waals surface area contributed by atoms with Gasteiger partial charge in [-0.2, -0.15) is 0 Å². The highest BCUT2D eigenvalue weighted by Gasteiger charge is 2.15. The minimum Gasteiger partial charge on any atom is -0.493 e. The van der Waals surface area contributed by atoms with Gasteiger partial charge in [-0.25, -0.2) is 0 Å². The standard InChI is InChI=1S/C16H26N2O3/c1-5-18(6-2)15(19)11-21-16-13(10-12(3)17)8-7-9-14(16)20-4/h7-9,12H,5-6,10-11,17H2,1-4H3. The van der Waals surface area contributed by atoms with E-state index in [-0.39, 0.29) is 18.6 Å². The van der Waals surface area contributed by atoms with Gasteiger partial charge in [-0.1, -0.05) is 12.1 Å². The highest BCUT2D eigenvalue weighted by atomic mass is 16.5. The lowest BCUT2D eigenvalue weighted by molar-refractivity contribution is -0.133. The molecule has 1 unspecified atom stereocenters. The molecule has 0 heterocycles. The Morgan fingerprint density at radius 2 is 2.00 bits per heavy atom. The lowest BCUT2D eigenvalue weighted by atomic mass is 10.1. The van der Waals surface area contributed by atoms with Crippen LogP contribution >= 0.6 is 0 Å². The topological polar surface area (TPSA) is 64.8 Å². The van der Waals surface area contributed by atoms with E-state index in [1.54, 1.807) is 12.0 Å². The molecule has 0 aromatic heterocycles. The second-order valence-electron chi connectivity index (χ2n) is 4.98. The van der Waals surface area contributed by atoms with E-state index < -0.39 is 0 Å². The predicted molar refractivity (Wildman–Crippen MR) is 83.8 cm³/mol. The van der Waals surface area contributed by atoms with Crippen LogP contribution in [0.3, 0.4) is 0 Å². The van der Waals surface area contributed by atoms with Crippen LogP contribution < -0.4 is 15.2 Å². The SMILES string of the molecule is CCN(CC)C(=O)COc1c(CC(C)N)cccc1OC. The first-order valence-electron chi connectivity index (χ1n) is 7.35. The van der Waals surface area contributed by atoms with Crippen molar-refractivity contribution in [3.63, 3.8) is 0 Å². The molecule has 1 rings (SSSR count). The summed E-state index contributed by atoms with van der Waals surface area (Å²) in [6.07, 6.45) is 0.673. The average molecular weight is 294 g/mol. The zero-order chi connectivity index (χ0) is 15.8. The Labute approximate surface area is 127 Å². The molecule has 118 valence electrons. The molecule has 0 saturated carbocycles. The van der Waals surface area contributed by atoms with E-state index in [1.165, 1.54) is 0 Å². The fourth-order valence-electron chi connectivity index (χ4n) is 2.19. The summed E-state index contributed by atoms with van der Waals surface area (Å²) in [5.74, 6) is 1.20. The maximum absolute atomic E-state index is 12.0. The molecule has 1 aromatic rings. The Morgan fingerprint density at radius 3 is 2.52 bits per heavy atom. The highest BCUT2D eigenvalue weighted by molar-refractivity contribution is 5.77. The first-order valence-corrected chi connectivity index (χ1v) is 7.35. The molecular weight excluding hydrogens is 268 g/mol. The van der Waals surface area contributed by atoms with E-state index in [9.17, 15) is 4.79 Å². The van der Waals surface area contributed by atoms with Crippen molar-refractivity contribution in [3.05, 3.63) is 23.8 Å². The van der Waals surface area contributed by atoms with Crippen LogP contribution in [0.5, 0.6) is 11.5 Å². The molecule has 2 N–H and O–H groups in total. The molecule has 0 aliphatic rings. The van der Waals surface area contributed by atoms with Gasteiger partial charge in [-0.3, -0.25) is 4.79 Å². The minimum atomic E-state index is -0.0300. The monoisotopic (exact) mass is 294 g/mol. The second kappa shape index (κ2) is 8.52. The predicted octanol–water partition coefficient (Wildman–Crippen LogP) is 1.83. The summed E-state index contributed by atoms with van der Waals surface area (Å²) in [4.78, 5) is 13.8. The third-order valence-electron chi connectivity index (χ3n) is 3.28. The van der Waals surface area contributed by atoms with Gasteiger partial charge in [-0.05, 0) is 38.8 Å². The summed E-state index contributed by atoms with van der Waals surface area (Å²) in [6.45, 7) is 7.20. The number of rotatable bonds is 8. The molecule has 21 heavy (non-hydrogen) atoms. The molecule has 0 aliphatic heterocycles. The number of ether oxygens (including phenoxy) is 2. The Bertz CT molecular complexity index is 457. The third kappa shape index (κ3) is 4.93. The summed E-state index contributed by atoms with van der Waals surface area (Å²) in [6, 6.07) is 5.68. The van der Waals surface area contributed by atoms with Crippen molar-refractivity contribution in [2.24, 2.45) is 5.73 Å². The molecular formula is C16H26N2O3. The van der Waals surface area contributed by atoms with Crippen LogP contribution in [-0.4, -0.2) is 43.7 Å². The first kappa shape index (κ1) is 17.3. The van der Waals surface area contributed by atoms with Gasteiger partial charge in [-0.15, -0.1) is 0 Å². The van der Waals surface area contributed by atoms with E-state index in [1.807, 2.05) is 39.0 Å². The number of nitrogens with zero attached hydrogens (tertiary/aromatic N) is 1. The van der Waals surface area contributed by atoms with Gasteiger partial charge in [0.05, 0.1) is 7.11 Å². The maximum atomic E-state index is 12.0. The molecule has 0 fully saturated rings. The Morgan fingerprint density at radius 1 is 1.33 bits per heavy atom. The normalized spacial score (nSPS) is 11.9. The quantitative estimate of drug-likeness (QED) is 0.794. The number of hydrogen-bond acceptors (Lipinski definition) is 4. The molecule has 0 saturated heterocycles. The van der Waals surface area contributed by atoms with Crippen LogP contribution in [0.15, 0.2) is 18.2 Å². The van der Waals surface area contributed by atoms with Crippen molar-refractivity contribution >= 4 is 5.91 Å². The number of benzene rings is 1. The van der Waals surface area contributed by atoms with Gasteiger partial charge in [0.2, 0.25) is 0 Å². The van der Waals surface area contributed by atoms with Crippen LogP contribution in [0.25, 0.3) is 0 Å². The molecule has 1 atom stereocenters. The second-order valence-corrected chi connectivity index (χ2v) is 4.98. The van der Waals surface area contributed by atoms with Gasteiger partial charge in [0.25, 0.3) is 5.91 Å². The van der Waals surface area contributed by atoms with Crippen molar-refractivity contribution in [1.29, 1.82) is 0 Å². The van der Waals surface area contributed by atoms with E-state index in [4.69, 9.17) is 15.2 Å². The van der Waals surface area contributed by atoms with Gasteiger partial charge in [0, 0.05) is 19.1 Å². The number of methoxy groups -OCH3 is 1. The number of carbonyl (C=O) groups is 1. The Kier molecular flexibility index (Phi) is 7.02. The molecule has 0 bridgehead atoms. The van der Waals surface area contributed by atoms with Crippen LogP contribution in [0.1, 0.15) is 26.3 Å². The van der Waals surface area contributed by atoms with Crippen molar-refractivity contribution in [2.75, 3.05) is 26.8 Å². The number of hydrogen-bond donors (Lipinski definition) is 1. The first-order chi connectivity index (χ1) is 10.0. The lowest BCUT2D eigenvalue weighted by Gasteiger charge is -2.20. The zero-order valence-electron chi connectivity index (χ0n) is 13.4. The summed E-state index contributed by atoms with van der Waals surface area (Å²) in [5.41, 5.74) is 6.82. The third-order valence-corrected chi connectivity index (χ3v) is 3.28. The Hall–Kier alpha value is -1.75. The fraction of sp³-hybridized carbons (Fsp3) is 0.562. The summed E-state index contributed by atoms with van der Waals surface area (Å²) >= 11 is 0. The van der Waals surface area contributed by atoms with E-state index in [0.29, 0.717) is 31.0 Å². The van der Waals surface area contributed by atoms with Crippen LogP contribution in [0.4, 0.5) is 0 Å². The Balaban J connectivity index is 2.87. The lowest BCUT2D eigenvalue weighted by Crippen LogP contribution is -2.34. The number of carbonyl (C=O) groups excluding carboxylic acids is 1. The number of likely N-dealkylation sites (N-methyl/N-ethyl adjacent to an activating group) is 1. The molecule has 1 aromatic carbocycles. The molecule has 5 nitrogen and oxygen atoms in total. The van der Waals surface area contributed by atoms with Crippen molar-refractivity contribution in [1.82, 2.24) is 4.90 Å².